The summed E-state index contributed by atoms with van der Waals surface area (Å²) in [4.78, 5) is 17.5. The molecule has 0 bridgehead atoms. The molecule has 132 valence electrons. The summed E-state index contributed by atoms with van der Waals surface area (Å²) in [5.41, 5.74) is 0.457. The van der Waals surface area contributed by atoms with E-state index in [1.54, 1.807) is 25.3 Å². The van der Waals surface area contributed by atoms with Crippen molar-refractivity contribution in [2.45, 2.75) is 26.7 Å². The minimum absolute atomic E-state index is 0.120. The van der Waals surface area contributed by atoms with Crippen LogP contribution < -0.4 is 4.74 Å². The van der Waals surface area contributed by atoms with Crippen molar-refractivity contribution < 1.29 is 19.5 Å². The molecule has 1 N–H and O–H groups in total. The largest absolute Gasteiger partial charge is 0.511 e. The van der Waals surface area contributed by atoms with Gasteiger partial charge < -0.3 is 14.7 Å². The van der Waals surface area contributed by atoms with E-state index in [9.17, 15) is 9.90 Å². The van der Waals surface area contributed by atoms with Gasteiger partial charge in [-0.3, -0.25) is 4.79 Å². The summed E-state index contributed by atoms with van der Waals surface area (Å²) in [5.74, 6) is 0.405. The zero-order valence-corrected chi connectivity index (χ0v) is 15.3. The number of nitrogens with zero attached hydrogens (tertiary/aromatic N) is 1. The number of carbonyl (C=O) groups excluding carboxylic acids is 1. The molecule has 5 nitrogen and oxygen atoms in total. The Morgan fingerprint density at radius 2 is 1.92 bits per heavy atom. The van der Waals surface area contributed by atoms with E-state index in [0.717, 1.165) is 0 Å². The van der Waals surface area contributed by atoms with Crippen LogP contribution in [0.25, 0.3) is 5.57 Å². The zero-order valence-electron chi connectivity index (χ0n) is 14.6. The van der Waals surface area contributed by atoms with Crippen LogP contribution in [0, 0.1) is 5.41 Å². The van der Waals surface area contributed by atoms with Crippen LogP contribution in [0.1, 0.15) is 32.3 Å². The van der Waals surface area contributed by atoms with Gasteiger partial charge in [-0.1, -0.05) is 24.6 Å². The Morgan fingerprint density at radius 3 is 2.42 bits per heavy atom. The number of piperidine rings is 1. The number of hydrogen-bond donors (Lipinski definition) is 1. The van der Waals surface area contributed by atoms with Gasteiger partial charge in [-0.2, -0.15) is 5.06 Å². The maximum absolute atomic E-state index is 12.2. The minimum Gasteiger partial charge on any atom is -0.511 e. The SMILES string of the molecule is COc1cc(/C(C(C)=O)=C(\O)C2(C)CCN(OC)CC2)ccc1Cl. The smallest absolute Gasteiger partial charge is 0.163 e. The van der Waals surface area contributed by atoms with Gasteiger partial charge in [0.25, 0.3) is 0 Å². The average Bonchev–Trinajstić information content (AvgIpc) is 2.56. The lowest BCUT2D eigenvalue weighted by Crippen LogP contribution is -2.39. The van der Waals surface area contributed by atoms with Crippen LogP contribution in [0.4, 0.5) is 0 Å². The number of halogens is 1. The van der Waals surface area contributed by atoms with Crippen LogP contribution in [0.2, 0.25) is 5.02 Å². The van der Waals surface area contributed by atoms with Gasteiger partial charge in [-0.15, -0.1) is 0 Å². The molecule has 1 aromatic rings. The molecule has 1 saturated heterocycles. The molecule has 0 saturated carbocycles. The Morgan fingerprint density at radius 1 is 1.29 bits per heavy atom. The highest BCUT2D eigenvalue weighted by Gasteiger charge is 2.37. The van der Waals surface area contributed by atoms with Gasteiger partial charge in [0.1, 0.15) is 11.5 Å². The summed E-state index contributed by atoms with van der Waals surface area (Å²) < 4.78 is 5.22. The highest BCUT2D eigenvalue weighted by molar-refractivity contribution is 6.32. The lowest BCUT2D eigenvalue weighted by atomic mass is 9.76. The van der Waals surface area contributed by atoms with Crippen LogP contribution in [0.5, 0.6) is 5.75 Å². The second-order valence-corrected chi connectivity index (χ2v) is 6.71. The molecule has 0 aromatic heterocycles. The lowest BCUT2D eigenvalue weighted by molar-refractivity contribution is -0.156. The summed E-state index contributed by atoms with van der Waals surface area (Å²) in [6, 6.07) is 5.08. The fourth-order valence-electron chi connectivity index (χ4n) is 3.02. The molecule has 0 amide bonds. The number of benzene rings is 1. The quantitative estimate of drug-likeness (QED) is 0.643. The standard InChI is InChI=1S/C18H24ClNO4/c1-12(21)16(13-5-6-14(19)15(11-13)23-3)17(22)18(2)7-9-20(24-4)10-8-18/h5-6,11,22H,7-10H2,1-4H3/b17-16-. The first-order valence-corrected chi connectivity index (χ1v) is 8.28. The van der Waals surface area contributed by atoms with E-state index in [4.69, 9.17) is 21.2 Å². The normalized spacial score (nSPS) is 18.9. The average molecular weight is 354 g/mol. The molecule has 1 heterocycles. The Labute approximate surface area is 147 Å². The molecule has 1 aromatic carbocycles. The van der Waals surface area contributed by atoms with E-state index in [0.29, 0.717) is 47.8 Å². The van der Waals surface area contributed by atoms with Crippen molar-refractivity contribution in [1.29, 1.82) is 0 Å². The molecule has 0 atom stereocenters. The van der Waals surface area contributed by atoms with E-state index >= 15 is 0 Å². The Hall–Kier alpha value is -1.56. The fourth-order valence-corrected chi connectivity index (χ4v) is 3.22. The first-order valence-electron chi connectivity index (χ1n) is 7.90. The number of aliphatic hydroxyl groups excluding tert-OH is 1. The number of ether oxygens (including phenoxy) is 1. The molecular weight excluding hydrogens is 330 g/mol. The van der Waals surface area contributed by atoms with Gasteiger partial charge in [0.05, 0.1) is 24.8 Å². The predicted molar refractivity (Wildman–Crippen MR) is 94.2 cm³/mol. The topological polar surface area (TPSA) is 59.0 Å². The van der Waals surface area contributed by atoms with Crippen LogP contribution in [-0.2, 0) is 9.63 Å². The van der Waals surface area contributed by atoms with Crippen LogP contribution >= 0.6 is 11.6 Å². The number of Topliss-reactive ketones (excluding diaryl/α,β-unsaturated/α-hetero) is 1. The van der Waals surface area contributed by atoms with E-state index in [1.165, 1.54) is 14.0 Å². The van der Waals surface area contributed by atoms with Crippen molar-refractivity contribution >= 4 is 23.0 Å². The van der Waals surface area contributed by atoms with Crippen molar-refractivity contribution in [2.75, 3.05) is 27.3 Å². The van der Waals surface area contributed by atoms with Gasteiger partial charge in [0.15, 0.2) is 5.78 Å². The highest BCUT2D eigenvalue weighted by atomic mass is 35.5. The highest BCUT2D eigenvalue weighted by Crippen LogP contribution is 2.41. The minimum atomic E-state index is -0.469. The van der Waals surface area contributed by atoms with Crippen molar-refractivity contribution in [3.8, 4) is 5.75 Å². The van der Waals surface area contributed by atoms with E-state index in [2.05, 4.69) is 0 Å². The molecule has 0 radical (unpaired) electrons. The number of allylic oxidation sites excluding steroid dienone is 2. The van der Waals surface area contributed by atoms with Crippen LogP contribution in [0.15, 0.2) is 24.0 Å². The summed E-state index contributed by atoms with van der Waals surface area (Å²) in [6.45, 7) is 4.84. The Balaban J connectivity index is 2.45. The van der Waals surface area contributed by atoms with Crippen molar-refractivity contribution in [3.63, 3.8) is 0 Å². The van der Waals surface area contributed by atoms with E-state index < -0.39 is 5.41 Å². The third-order valence-electron chi connectivity index (χ3n) is 4.68. The number of methoxy groups -OCH3 is 1. The Kier molecular flexibility index (Phi) is 5.91. The fraction of sp³-hybridized carbons (Fsp3) is 0.500. The summed E-state index contributed by atoms with van der Waals surface area (Å²) in [7, 11) is 3.16. The lowest BCUT2D eigenvalue weighted by Gasteiger charge is -2.38. The molecular formula is C18H24ClNO4. The molecule has 1 fully saturated rings. The first-order chi connectivity index (χ1) is 11.3. The maximum atomic E-state index is 12.2. The van der Waals surface area contributed by atoms with Gasteiger partial charge >= 0.3 is 0 Å². The Bertz CT molecular complexity index is 648. The van der Waals surface area contributed by atoms with Crippen molar-refractivity contribution in [1.82, 2.24) is 5.06 Å². The number of hydroxylamine groups is 2. The van der Waals surface area contributed by atoms with Gasteiger partial charge in [-0.05, 0) is 37.5 Å². The van der Waals surface area contributed by atoms with Gasteiger partial charge in [0, 0.05) is 18.5 Å². The summed E-state index contributed by atoms with van der Waals surface area (Å²) >= 11 is 6.06. The number of carbonyl (C=O) groups is 1. The molecule has 2 rings (SSSR count). The molecule has 6 heteroatoms. The van der Waals surface area contributed by atoms with Gasteiger partial charge in [0.2, 0.25) is 0 Å². The van der Waals surface area contributed by atoms with E-state index in [1.807, 2.05) is 12.0 Å². The summed E-state index contributed by atoms with van der Waals surface area (Å²) in [5, 5.41) is 13.3. The monoisotopic (exact) mass is 353 g/mol. The van der Waals surface area contributed by atoms with Crippen molar-refractivity contribution in [3.05, 3.63) is 34.5 Å². The van der Waals surface area contributed by atoms with Crippen LogP contribution in [0.3, 0.4) is 0 Å². The molecule has 24 heavy (non-hydrogen) atoms. The zero-order chi connectivity index (χ0) is 17.9. The second kappa shape index (κ2) is 7.55. The maximum Gasteiger partial charge on any atom is 0.163 e. The molecule has 1 aliphatic rings. The predicted octanol–water partition coefficient (Wildman–Crippen LogP) is 3.87. The van der Waals surface area contributed by atoms with Crippen molar-refractivity contribution in [2.24, 2.45) is 5.41 Å². The number of aliphatic hydroxyl groups is 1. The third kappa shape index (κ3) is 3.74. The van der Waals surface area contributed by atoms with Gasteiger partial charge in [-0.25, -0.2) is 0 Å². The van der Waals surface area contributed by atoms with E-state index in [-0.39, 0.29) is 11.5 Å². The first kappa shape index (κ1) is 18.8. The molecule has 0 spiro atoms. The second-order valence-electron chi connectivity index (χ2n) is 6.30. The summed E-state index contributed by atoms with van der Waals surface area (Å²) in [6.07, 6.45) is 1.41. The third-order valence-corrected chi connectivity index (χ3v) is 5.00. The van der Waals surface area contributed by atoms with Crippen LogP contribution in [-0.4, -0.2) is 43.3 Å². The number of ketones is 1. The molecule has 0 aliphatic carbocycles. The molecule has 0 unspecified atom stereocenters. The number of hydrogen-bond acceptors (Lipinski definition) is 5. The molecule has 1 aliphatic heterocycles. The number of rotatable bonds is 5.